The quantitative estimate of drug-likeness (QED) is 0.558. The van der Waals surface area contributed by atoms with Crippen LogP contribution < -0.4 is 16.6 Å². The highest BCUT2D eigenvalue weighted by Gasteiger charge is 2.28. The zero-order valence-corrected chi connectivity index (χ0v) is 19.3. The van der Waals surface area contributed by atoms with Crippen LogP contribution in [0, 0.1) is 0 Å². The first kappa shape index (κ1) is 22.8. The summed E-state index contributed by atoms with van der Waals surface area (Å²) >= 11 is 0. The highest BCUT2D eigenvalue weighted by molar-refractivity contribution is 7.89. The Morgan fingerprint density at radius 1 is 1.00 bits per heavy atom. The number of anilines is 1. The fourth-order valence-electron chi connectivity index (χ4n) is 3.71. The number of pyridine rings is 1. The van der Waals surface area contributed by atoms with Gasteiger partial charge in [-0.25, -0.2) is 18.2 Å². The van der Waals surface area contributed by atoms with Crippen LogP contribution in [0.15, 0.2) is 51.0 Å². The van der Waals surface area contributed by atoms with Gasteiger partial charge in [0.1, 0.15) is 5.65 Å². The first-order valence-corrected chi connectivity index (χ1v) is 11.7. The van der Waals surface area contributed by atoms with Crippen LogP contribution >= 0.6 is 0 Å². The molecule has 1 amide bonds. The SMILES string of the molecule is CN1CCN(S(=O)(=O)c2cccc(C(=O)Nc3cnc4c(c3)c(=O)n(C)c(=O)n4C)c2)CC1. The standard InChI is InChI=1S/C21H24N6O5S/c1-24-7-9-27(10-8-24)33(31,32)16-6-4-5-14(11-16)19(28)23-15-12-17-18(22-13-15)25(2)21(30)26(3)20(17)29/h4-6,11-13H,7-10H2,1-3H3,(H,23,28). The molecule has 1 fully saturated rings. The number of hydrogen-bond acceptors (Lipinski definition) is 7. The van der Waals surface area contributed by atoms with E-state index in [-0.39, 0.29) is 27.2 Å². The lowest BCUT2D eigenvalue weighted by Gasteiger charge is -2.31. The third-order valence-electron chi connectivity index (χ3n) is 5.75. The summed E-state index contributed by atoms with van der Waals surface area (Å²) in [7, 11) is 1.08. The van der Waals surface area contributed by atoms with Crippen molar-refractivity contribution >= 4 is 32.7 Å². The Morgan fingerprint density at radius 2 is 1.70 bits per heavy atom. The van der Waals surface area contributed by atoms with Crippen molar-refractivity contribution in [2.45, 2.75) is 4.90 Å². The van der Waals surface area contributed by atoms with E-state index < -0.39 is 27.2 Å². The molecule has 4 rings (SSSR count). The summed E-state index contributed by atoms with van der Waals surface area (Å²) in [5, 5.41) is 2.81. The molecule has 1 aliphatic heterocycles. The molecule has 11 nitrogen and oxygen atoms in total. The molecule has 0 aliphatic carbocycles. The lowest BCUT2D eigenvalue weighted by atomic mass is 10.2. The van der Waals surface area contributed by atoms with Crippen molar-refractivity contribution in [3.63, 3.8) is 0 Å². The number of benzene rings is 1. The van der Waals surface area contributed by atoms with E-state index in [1.807, 2.05) is 7.05 Å². The summed E-state index contributed by atoms with van der Waals surface area (Å²) in [5.41, 5.74) is -0.442. The Bertz CT molecular complexity index is 1470. The number of sulfonamides is 1. The number of amides is 1. The minimum absolute atomic E-state index is 0.0419. The Morgan fingerprint density at radius 3 is 2.39 bits per heavy atom. The zero-order chi connectivity index (χ0) is 23.9. The maximum Gasteiger partial charge on any atom is 0.332 e. The summed E-state index contributed by atoms with van der Waals surface area (Å²) in [5.74, 6) is -0.548. The molecule has 174 valence electrons. The van der Waals surface area contributed by atoms with Crippen molar-refractivity contribution in [2.24, 2.45) is 14.1 Å². The summed E-state index contributed by atoms with van der Waals surface area (Å²) < 4.78 is 29.6. The topological polar surface area (TPSA) is 127 Å². The van der Waals surface area contributed by atoms with E-state index in [0.29, 0.717) is 26.2 Å². The highest BCUT2D eigenvalue weighted by Crippen LogP contribution is 2.20. The van der Waals surface area contributed by atoms with Gasteiger partial charge < -0.3 is 10.2 Å². The smallest absolute Gasteiger partial charge is 0.321 e. The number of aryl methyl sites for hydroxylation is 1. The fourth-order valence-corrected chi connectivity index (χ4v) is 5.18. The molecule has 0 unspecified atom stereocenters. The number of carbonyl (C=O) groups is 1. The third-order valence-corrected chi connectivity index (χ3v) is 7.64. The number of aromatic nitrogens is 3. The van der Waals surface area contributed by atoms with Crippen LogP contribution in [0.3, 0.4) is 0 Å². The maximum absolute atomic E-state index is 13.0. The number of fused-ring (bicyclic) bond motifs is 1. The second kappa shape index (κ2) is 8.54. The molecule has 0 radical (unpaired) electrons. The van der Waals surface area contributed by atoms with Crippen LogP contribution in [0.1, 0.15) is 10.4 Å². The molecule has 33 heavy (non-hydrogen) atoms. The van der Waals surface area contributed by atoms with Gasteiger partial charge >= 0.3 is 5.69 Å². The summed E-state index contributed by atoms with van der Waals surface area (Å²) in [6, 6.07) is 7.26. The van der Waals surface area contributed by atoms with Crippen LogP contribution in [0.25, 0.3) is 11.0 Å². The number of carbonyl (C=O) groups excluding carboxylic acids is 1. The number of likely N-dealkylation sites (N-methyl/N-ethyl adjacent to an activating group) is 1. The van der Waals surface area contributed by atoms with Gasteiger partial charge in [-0.15, -0.1) is 0 Å². The Balaban J connectivity index is 1.61. The van der Waals surface area contributed by atoms with Gasteiger partial charge in [-0.3, -0.25) is 18.7 Å². The van der Waals surface area contributed by atoms with Gasteiger partial charge in [0, 0.05) is 45.8 Å². The molecule has 2 aromatic heterocycles. The van der Waals surface area contributed by atoms with Crippen LogP contribution in [0.5, 0.6) is 0 Å². The van der Waals surface area contributed by atoms with E-state index in [4.69, 9.17) is 0 Å². The van der Waals surface area contributed by atoms with Crippen LogP contribution in [-0.2, 0) is 24.1 Å². The normalized spacial score (nSPS) is 15.6. The van der Waals surface area contributed by atoms with Gasteiger partial charge in [-0.1, -0.05) is 6.07 Å². The van der Waals surface area contributed by atoms with Crippen molar-refractivity contribution < 1.29 is 13.2 Å². The van der Waals surface area contributed by atoms with Gasteiger partial charge in [0.25, 0.3) is 11.5 Å². The van der Waals surface area contributed by atoms with E-state index in [1.54, 1.807) is 0 Å². The van der Waals surface area contributed by atoms with Crippen LogP contribution in [0.2, 0.25) is 0 Å². The number of rotatable bonds is 4. The highest BCUT2D eigenvalue weighted by atomic mass is 32.2. The van der Waals surface area contributed by atoms with Crippen molar-refractivity contribution in [3.8, 4) is 0 Å². The van der Waals surface area contributed by atoms with Gasteiger partial charge in [-0.2, -0.15) is 4.31 Å². The van der Waals surface area contributed by atoms with Crippen molar-refractivity contribution in [1.82, 2.24) is 23.3 Å². The van der Waals surface area contributed by atoms with Gasteiger partial charge in [-0.05, 0) is 31.3 Å². The number of nitrogens with one attached hydrogen (secondary N) is 1. The first-order chi connectivity index (χ1) is 15.6. The van der Waals surface area contributed by atoms with Gasteiger partial charge in [0.15, 0.2) is 0 Å². The van der Waals surface area contributed by atoms with Crippen LogP contribution in [-0.4, -0.2) is 70.9 Å². The average molecular weight is 473 g/mol. The predicted molar refractivity (Wildman–Crippen MR) is 123 cm³/mol. The van der Waals surface area contributed by atoms with Crippen molar-refractivity contribution in [2.75, 3.05) is 38.5 Å². The predicted octanol–water partition coefficient (Wildman–Crippen LogP) is -0.179. The Kier molecular flexibility index (Phi) is 5.91. The second-order valence-electron chi connectivity index (χ2n) is 7.99. The molecule has 1 aliphatic rings. The molecule has 0 bridgehead atoms. The minimum atomic E-state index is -3.72. The maximum atomic E-state index is 13.0. The average Bonchev–Trinajstić information content (AvgIpc) is 2.81. The van der Waals surface area contributed by atoms with Crippen molar-refractivity contribution in [3.05, 3.63) is 62.9 Å². The Hall–Kier alpha value is -3.35. The van der Waals surface area contributed by atoms with E-state index in [1.165, 1.54) is 59.5 Å². The van der Waals surface area contributed by atoms with Gasteiger partial charge in [0.2, 0.25) is 10.0 Å². The molecule has 1 saturated heterocycles. The fraction of sp³-hybridized carbons (Fsp3) is 0.333. The van der Waals surface area contributed by atoms with Crippen molar-refractivity contribution in [1.29, 1.82) is 0 Å². The zero-order valence-electron chi connectivity index (χ0n) is 18.5. The summed E-state index contributed by atoms with van der Waals surface area (Å²) in [6.07, 6.45) is 1.34. The summed E-state index contributed by atoms with van der Waals surface area (Å²) in [4.78, 5) is 43.6. The molecule has 12 heteroatoms. The molecule has 3 heterocycles. The molecular formula is C21H24N6O5S. The van der Waals surface area contributed by atoms with E-state index in [2.05, 4.69) is 15.2 Å². The molecule has 1 aromatic carbocycles. The molecule has 0 atom stereocenters. The number of hydrogen-bond donors (Lipinski definition) is 1. The number of piperazine rings is 1. The lowest BCUT2D eigenvalue weighted by Crippen LogP contribution is -2.47. The minimum Gasteiger partial charge on any atom is -0.321 e. The van der Waals surface area contributed by atoms with E-state index in [9.17, 15) is 22.8 Å². The van der Waals surface area contributed by atoms with E-state index >= 15 is 0 Å². The lowest BCUT2D eigenvalue weighted by molar-refractivity contribution is 0.102. The molecular weight excluding hydrogens is 448 g/mol. The first-order valence-electron chi connectivity index (χ1n) is 10.3. The van der Waals surface area contributed by atoms with E-state index in [0.717, 1.165) is 4.57 Å². The monoisotopic (exact) mass is 472 g/mol. The molecule has 0 saturated carbocycles. The third kappa shape index (κ3) is 4.19. The Labute approximate surface area is 189 Å². The molecule has 1 N–H and O–H groups in total. The largest absolute Gasteiger partial charge is 0.332 e. The summed E-state index contributed by atoms with van der Waals surface area (Å²) in [6.45, 7) is 2.05. The van der Waals surface area contributed by atoms with Crippen LogP contribution in [0.4, 0.5) is 5.69 Å². The molecule has 3 aromatic rings. The number of nitrogens with zero attached hydrogens (tertiary/aromatic N) is 5. The second-order valence-corrected chi connectivity index (χ2v) is 9.93. The van der Waals surface area contributed by atoms with Gasteiger partial charge in [0.05, 0.1) is 22.2 Å². The molecule has 0 spiro atoms.